The van der Waals surface area contributed by atoms with Crippen molar-refractivity contribution in [1.82, 2.24) is 4.90 Å². The molecule has 0 aromatic rings. The molecule has 0 amide bonds. The summed E-state index contributed by atoms with van der Waals surface area (Å²) in [6.45, 7) is 6.09. The van der Waals surface area contributed by atoms with Crippen LogP contribution in [-0.2, 0) is 0 Å². The Kier molecular flexibility index (Phi) is 6.18. The van der Waals surface area contributed by atoms with Crippen LogP contribution in [0.4, 0.5) is 0 Å². The Morgan fingerprint density at radius 2 is 2.09 bits per heavy atom. The highest BCUT2D eigenvalue weighted by atomic mass is 15.1. The van der Waals surface area contributed by atoms with Gasteiger partial charge in [-0.3, -0.25) is 0 Å². The molecule has 0 heterocycles. The largest absolute Gasteiger partial charge is 0.327 e. The maximum atomic E-state index is 5.32. The van der Waals surface area contributed by atoms with Gasteiger partial charge in [-0.1, -0.05) is 19.1 Å². The van der Waals surface area contributed by atoms with E-state index in [-0.39, 0.29) is 0 Å². The van der Waals surface area contributed by atoms with E-state index in [0.717, 1.165) is 6.54 Å². The first-order valence-corrected chi connectivity index (χ1v) is 4.27. The maximum Gasteiger partial charge on any atom is 0.0163 e. The normalized spacial score (nSPS) is 14.6. The van der Waals surface area contributed by atoms with Crippen LogP contribution in [0.1, 0.15) is 20.3 Å². The summed E-state index contributed by atoms with van der Waals surface area (Å²) >= 11 is 0. The molecule has 2 N–H and O–H groups in total. The summed E-state index contributed by atoms with van der Waals surface area (Å²) in [5.74, 6) is 0. The Labute approximate surface area is 70.1 Å². The highest BCUT2D eigenvalue weighted by Gasteiger charge is 2.02. The highest BCUT2D eigenvalue weighted by Crippen LogP contribution is 1.98. The quantitative estimate of drug-likeness (QED) is 0.607. The van der Waals surface area contributed by atoms with Crippen LogP contribution in [0.2, 0.25) is 0 Å². The molecule has 2 nitrogen and oxygen atoms in total. The lowest BCUT2D eigenvalue weighted by Crippen LogP contribution is -2.28. The van der Waals surface area contributed by atoms with E-state index in [2.05, 4.69) is 31.9 Å². The van der Waals surface area contributed by atoms with Gasteiger partial charge in [-0.05, 0) is 20.4 Å². The second-order valence-electron chi connectivity index (χ2n) is 2.90. The van der Waals surface area contributed by atoms with E-state index in [0.29, 0.717) is 12.6 Å². The van der Waals surface area contributed by atoms with Crippen LogP contribution in [0.5, 0.6) is 0 Å². The number of hydrogen-bond acceptors (Lipinski definition) is 2. The Bertz CT molecular complexity index is 110. The zero-order valence-electron chi connectivity index (χ0n) is 7.88. The molecule has 0 aliphatic carbocycles. The SMILES string of the molecule is CCC(C)N(C)CC=CCN. The van der Waals surface area contributed by atoms with Gasteiger partial charge in [0.25, 0.3) is 0 Å². The van der Waals surface area contributed by atoms with Crippen LogP contribution in [0.3, 0.4) is 0 Å². The van der Waals surface area contributed by atoms with E-state index in [9.17, 15) is 0 Å². The van der Waals surface area contributed by atoms with Crippen molar-refractivity contribution in [3.05, 3.63) is 12.2 Å². The first-order valence-electron chi connectivity index (χ1n) is 4.27. The molecule has 0 saturated carbocycles. The summed E-state index contributed by atoms with van der Waals surface area (Å²) in [7, 11) is 2.13. The van der Waals surface area contributed by atoms with E-state index < -0.39 is 0 Å². The lowest BCUT2D eigenvalue weighted by Gasteiger charge is -2.21. The molecule has 0 aliphatic rings. The highest BCUT2D eigenvalue weighted by molar-refractivity contribution is 4.85. The Hall–Kier alpha value is -0.340. The summed E-state index contributed by atoms with van der Waals surface area (Å²) in [6, 6.07) is 0.664. The van der Waals surface area contributed by atoms with Crippen molar-refractivity contribution in [2.45, 2.75) is 26.3 Å². The molecule has 0 radical (unpaired) electrons. The van der Waals surface area contributed by atoms with Crippen LogP contribution in [0.15, 0.2) is 12.2 Å². The number of rotatable bonds is 5. The average Bonchev–Trinajstić information content (AvgIpc) is 2.03. The minimum Gasteiger partial charge on any atom is -0.327 e. The molecule has 0 aromatic carbocycles. The van der Waals surface area contributed by atoms with Crippen LogP contribution in [-0.4, -0.2) is 31.1 Å². The van der Waals surface area contributed by atoms with Crippen molar-refractivity contribution in [2.24, 2.45) is 5.73 Å². The van der Waals surface area contributed by atoms with Gasteiger partial charge in [-0.15, -0.1) is 0 Å². The number of hydrogen-bond donors (Lipinski definition) is 1. The standard InChI is InChI=1S/C9H20N2/c1-4-9(2)11(3)8-6-5-7-10/h5-6,9H,4,7-8,10H2,1-3H3. The minimum absolute atomic E-state index is 0.647. The summed E-state index contributed by atoms with van der Waals surface area (Å²) < 4.78 is 0. The molecular formula is C9H20N2. The van der Waals surface area contributed by atoms with Crippen LogP contribution in [0, 0.1) is 0 Å². The van der Waals surface area contributed by atoms with E-state index >= 15 is 0 Å². The first-order chi connectivity index (χ1) is 5.22. The zero-order valence-corrected chi connectivity index (χ0v) is 7.88. The zero-order chi connectivity index (χ0) is 8.69. The van der Waals surface area contributed by atoms with Gasteiger partial charge < -0.3 is 10.6 Å². The van der Waals surface area contributed by atoms with Gasteiger partial charge in [0.15, 0.2) is 0 Å². The molecule has 0 bridgehead atoms. The molecule has 1 atom stereocenters. The molecule has 0 rings (SSSR count). The Morgan fingerprint density at radius 3 is 2.55 bits per heavy atom. The van der Waals surface area contributed by atoms with E-state index in [1.807, 2.05) is 6.08 Å². The second-order valence-corrected chi connectivity index (χ2v) is 2.90. The van der Waals surface area contributed by atoms with Gasteiger partial charge in [0.05, 0.1) is 0 Å². The molecule has 0 fully saturated rings. The molecule has 0 saturated heterocycles. The molecule has 1 unspecified atom stereocenters. The summed E-state index contributed by atoms with van der Waals surface area (Å²) in [6.07, 6.45) is 5.32. The predicted molar refractivity (Wildman–Crippen MR) is 50.6 cm³/mol. The maximum absolute atomic E-state index is 5.32. The fourth-order valence-corrected chi connectivity index (χ4v) is 0.829. The van der Waals surface area contributed by atoms with Crippen molar-refractivity contribution in [3.8, 4) is 0 Å². The molecular weight excluding hydrogens is 136 g/mol. The second kappa shape index (κ2) is 6.38. The van der Waals surface area contributed by atoms with Gasteiger partial charge in [-0.25, -0.2) is 0 Å². The van der Waals surface area contributed by atoms with Crippen LogP contribution >= 0.6 is 0 Å². The van der Waals surface area contributed by atoms with Gasteiger partial charge in [-0.2, -0.15) is 0 Å². The van der Waals surface area contributed by atoms with Gasteiger partial charge in [0.1, 0.15) is 0 Å². The minimum atomic E-state index is 0.647. The fourth-order valence-electron chi connectivity index (χ4n) is 0.829. The number of nitrogens with zero attached hydrogens (tertiary/aromatic N) is 1. The molecule has 0 aliphatic heterocycles. The molecule has 0 aromatic heterocycles. The van der Waals surface area contributed by atoms with Crippen LogP contribution in [0.25, 0.3) is 0 Å². The summed E-state index contributed by atoms with van der Waals surface area (Å²) in [4.78, 5) is 2.31. The third-order valence-corrected chi connectivity index (χ3v) is 2.04. The van der Waals surface area contributed by atoms with E-state index in [4.69, 9.17) is 5.73 Å². The Morgan fingerprint density at radius 1 is 1.45 bits per heavy atom. The van der Waals surface area contributed by atoms with Crippen LogP contribution < -0.4 is 5.73 Å². The number of nitrogens with two attached hydrogens (primary N) is 1. The van der Waals surface area contributed by atoms with Crippen molar-refractivity contribution < 1.29 is 0 Å². The topological polar surface area (TPSA) is 29.3 Å². The summed E-state index contributed by atoms with van der Waals surface area (Å²) in [5.41, 5.74) is 5.32. The molecule has 66 valence electrons. The van der Waals surface area contributed by atoms with Gasteiger partial charge >= 0.3 is 0 Å². The third kappa shape index (κ3) is 4.99. The summed E-state index contributed by atoms with van der Waals surface area (Å²) in [5, 5.41) is 0. The van der Waals surface area contributed by atoms with E-state index in [1.54, 1.807) is 0 Å². The fraction of sp³-hybridized carbons (Fsp3) is 0.778. The van der Waals surface area contributed by atoms with E-state index in [1.165, 1.54) is 6.42 Å². The monoisotopic (exact) mass is 156 g/mol. The predicted octanol–water partition coefficient (Wildman–Crippen LogP) is 1.23. The van der Waals surface area contributed by atoms with Crippen molar-refractivity contribution >= 4 is 0 Å². The van der Waals surface area contributed by atoms with Crippen molar-refractivity contribution in [1.29, 1.82) is 0 Å². The van der Waals surface area contributed by atoms with Crippen molar-refractivity contribution in [3.63, 3.8) is 0 Å². The average molecular weight is 156 g/mol. The molecule has 0 spiro atoms. The van der Waals surface area contributed by atoms with Crippen molar-refractivity contribution in [2.75, 3.05) is 20.1 Å². The van der Waals surface area contributed by atoms with Gasteiger partial charge in [0.2, 0.25) is 0 Å². The molecule has 2 heteroatoms. The van der Waals surface area contributed by atoms with Gasteiger partial charge in [0, 0.05) is 19.1 Å². The number of likely N-dealkylation sites (N-methyl/N-ethyl adjacent to an activating group) is 1. The first kappa shape index (κ1) is 10.7. The third-order valence-electron chi connectivity index (χ3n) is 2.04. The Balaban J connectivity index is 3.50. The smallest absolute Gasteiger partial charge is 0.0163 e. The lowest BCUT2D eigenvalue weighted by atomic mass is 10.2. The lowest BCUT2D eigenvalue weighted by molar-refractivity contribution is 0.278. The molecule has 11 heavy (non-hydrogen) atoms.